The van der Waals surface area contributed by atoms with E-state index >= 15 is 0 Å². The van der Waals surface area contributed by atoms with Gasteiger partial charge in [-0.05, 0) is 50.4 Å². The van der Waals surface area contributed by atoms with E-state index in [0.717, 1.165) is 31.4 Å². The largest absolute Gasteiger partial charge is 0.453 e. The molecule has 1 heterocycles. The van der Waals surface area contributed by atoms with E-state index in [0.29, 0.717) is 5.22 Å². The van der Waals surface area contributed by atoms with Gasteiger partial charge < -0.3 is 9.73 Å². The van der Waals surface area contributed by atoms with E-state index in [-0.39, 0.29) is 6.04 Å². The highest BCUT2D eigenvalue weighted by Crippen LogP contribution is 2.28. The Kier molecular flexibility index (Phi) is 5.64. The Balaban J connectivity index is 2.63. The second-order valence-corrected chi connectivity index (χ2v) is 4.50. The van der Waals surface area contributed by atoms with E-state index < -0.39 is 0 Å². The number of nitrogens with one attached hydrogen (secondary N) is 1. The lowest BCUT2D eigenvalue weighted by atomic mass is 10.0. The van der Waals surface area contributed by atoms with Crippen molar-refractivity contribution in [3.8, 4) is 0 Å². The Bertz CT molecular complexity index is 332. The SMILES string of the molecule is C=C(C)CCC(NCCC)c1ccoc1Cl. The summed E-state index contributed by atoms with van der Waals surface area (Å²) < 4.78 is 5.14. The Morgan fingerprint density at radius 3 is 2.88 bits per heavy atom. The van der Waals surface area contributed by atoms with Crippen LogP contribution in [0.15, 0.2) is 28.9 Å². The second-order valence-electron chi connectivity index (χ2n) is 4.15. The average Bonchev–Trinajstić information content (AvgIpc) is 2.65. The summed E-state index contributed by atoms with van der Waals surface area (Å²) >= 11 is 6.00. The molecule has 1 unspecified atom stereocenters. The zero-order chi connectivity index (χ0) is 12.0. The number of hydrogen-bond donors (Lipinski definition) is 1. The molecule has 1 N–H and O–H groups in total. The maximum Gasteiger partial charge on any atom is 0.197 e. The normalized spacial score (nSPS) is 12.7. The van der Waals surface area contributed by atoms with Crippen LogP contribution in [0.2, 0.25) is 5.22 Å². The Morgan fingerprint density at radius 2 is 2.38 bits per heavy atom. The zero-order valence-corrected chi connectivity index (χ0v) is 10.8. The molecule has 0 bridgehead atoms. The first-order valence-electron chi connectivity index (χ1n) is 5.75. The molecule has 0 saturated heterocycles. The first-order chi connectivity index (χ1) is 7.65. The topological polar surface area (TPSA) is 25.2 Å². The molecule has 3 heteroatoms. The minimum atomic E-state index is 0.267. The van der Waals surface area contributed by atoms with Gasteiger partial charge in [0.25, 0.3) is 0 Å². The van der Waals surface area contributed by atoms with Crippen LogP contribution in [-0.4, -0.2) is 6.54 Å². The van der Waals surface area contributed by atoms with Crippen LogP contribution in [0.25, 0.3) is 0 Å². The smallest absolute Gasteiger partial charge is 0.197 e. The summed E-state index contributed by atoms with van der Waals surface area (Å²) in [6, 6.07) is 2.21. The van der Waals surface area contributed by atoms with Gasteiger partial charge in [0.2, 0.25) is 0 Å². The van der Waals surface area contributed by atoms with Crippen LogP contribution in [0, 0.1) is 0 Å². The Labute approximate surface area is 103 Å². The molecule has 0 fully saturated rings. The third kappa shape index (κ3) is 4.03. The van der Waals surface area contributed by atoms with E-state index in [2.05, 4.69) is 18.8 Å². The molecule has 0 saturated carbocycles. The molecule has 0 aliphatic carbocycles. The predicted octanol–water partition coefficient (Wildman–Crippen LogP) is 4.33. The van der Waals surface area contributed by atoms with Crippen molar-refractivity contribution in [3.05, 3.63) is 35.3 Å². The standard InChI is InChI=1S/C13H20ClNO/c1-4-8-15-12(6-5-10(2)3)11-7-9-16-13(11)14/h7,9,12,15H,2,4-6,8H2,1,3H3. The van der Waals surface area contributed by atoms with Crippen molar-refractivity contribution in [3.63, 3.8) is 0 Å². The van der Waals surface area contributed by atoms with Crippen molar-refractivity contribution < 1.29 is 4.42 Å². The molecular formula is C13H20ClNO. The predicted molar refractivity (Wildman–Crippen MR) is 68.8 cm³/mol. The summed E-state index contributed by atoms with van der Waals surface area (Å²) in [4.78, 5) is 0. The molecule has 1 atom stereocenters. The van der Waals surface area contributed by atoms with Gasteiger partial charge in [0.1, 0.15) is 0 Å². The third-order valence-corrected chi connectivity index (χ3v) is 2.83. The molecule has 90 valence electrons. The highest BCUT2D eigenvalue weighted by molar-refractivity contribution is 6.29. The molecule has 0 aliphatic heterocycles. The van der Waals surface area contributed by atoms with Gasteiger partial charge in [0, 0.05) is 11.6 Å². The fourth-order valence-corrected chi connectivity index (χ4v) is 1.88. The van der Waals surface area contributed by atoms with Crippen LogP contribution in [0.1, 0.15) is 44.7 Å². The highest BCUT2D eigenvalue weighted by Gasteiger charge is 2.15. The summed E-state index contributed by atoms with van der Waals surface area (Å²) in [6.07, 6.45) is 4.76. The summed E-state index contributed by atoms with van der Waals surface area (Å²) in [5.74, 6) is 0. The van der Waals surface area contributed by atoms with Gasteiger partial charge in [0.15, 0.2) is 5.22 Å². The van der Waals surface area contributed by atoms with E-state index in [4.69, 9.17) is 16.0 Å². The van der Waals surface area contributed by atoms with Gasteiger partial charge in [-0.3, -0.25) is 0 Å². The van der Waals surface area contributed by atoms with Gasteiger partial charge >= 0.3 is 0 Å². The number of rotatable bonds is 7. The Morgan fingerprint density at radius 1 is 1.62 bits per heavy atom. The molecule has 16 heavy (non-hydrogen) atoms. The van der Waals surface area contributed by atoms with Crippen molar-refractivity contribution in [1.82, 2.24) is 5.32 Å². The van der Waals surface area contributed by atoms with Crippen molar-refractivity contribution in [2.45, 2.75) is 39.2 Å². The summed E-state index contributed by atoms with van der Waals surface area (Å²) in [5.41, 5.74) is 2.25. The molecule has 0 radical (unpaired) electrons. The van der Waals surface area contributed by atoms with E-state index in [1.54, 1.807) is 6.26 Å². The van der Waals surface area contributed by atoms with Crippen LogP contribution in [0.4, 0.5) is 0 Å². The fourth-order valence-electron chi connectivity index (χ4n) is 1.63. The highest BCUT2D eigenvalue weighted by atomic mass is 35.5. The number of hydrogen-bond acceptors (Lipinski definition) is 2. The molecule has 0 aromatic carbocycles. The van der Waals surface area contributed by atoms with Crippen molar-refractivity contribution in [2.75, 3.05) is 6.54 Å². The molecule has 2 nitrogen and oxygen atoms in total. The van der Waals surface area contributed by atoms with Crippen LogP contribution in [0.3, 0.4) is 0 Å². The van der Waals surface area contributed by atoms with Crippen molar-refractivity contribution in [1.29, 1.82) is 0 Å². The van der Waals surface area contributed by atoms with Gasteiger partial charge in [-0.2, -0.15) is 0 Å². The Hall–Kier alpha value is -0.730. The van der Waals surface area contributed by atoms with Crippen LogP contribution < -0.4 is 5.32 Å². The quantitative estimate of drug-likeness (QED) is 0.719. The van der Waals surface area contributed by atoms with Crippen molar-refractivity contribution >= 4 is 11.6 Å². The lowest BCUT2D eigenvalue weighted by molar-refractivity contribution is 0.488. The first-order valence-corrected chi connectivity index (χ1v) is 6.13. The molecule has 0 amide bonds. The molecule has 1 rings (SSSR count). The van der Waals surface area contributed by atoms with Gasteiger partial charge in [0.05, 0.1) is 6.26 Å². The number of furan rings is 1. The van der Waals surface area contributed by atoms with Gasteiger partial charge in [-0.25, -0.2) is 0 Å². The van der Waals surface area contributed by atoms with E-state index in [1.807, 2.05) is 13.0 Å². The van der Waals surface area contributed by atoms with Crippen LogP contribution >= 0.6 is 11.6 Å². The first kappa shape index (κ1) is 13.3. The minimum Gasteiger partial charge on any atom is -0.453 e. The number of allylic oxidation sites excluding steroid dienone is 1. The number of halogens is 1. The summed E-state index contributed by atoms with van der Waals surface area (Å²) in [6.45, 7) is 9.12. The molecule has 0 spiro atoms. The molecular weight excluding hydrogens is 222 g/mol. The monoisotopic (exact) mass is 241 g/mol. The zero-order valence-electron chi connectivity index (χ0n) is 10.1. The average molecular weight is 242 g/mol. The third-order valence-electron chi connectivity index (χ3n) is 2.52. The molecule has 1 aromatic heterocycles. The maximum absolute atomic E-state index is 6.00. The second kappa shape index (κ2) is 6.77. The molecule has 1 aromatic rings. The summed E-state index contributed by atoms with van der Waals surface area (Å²) in [7, 11) is 0. The van der Waals surface area contributed by atoms with Crippen molar-refractivity contribution in [2.24, 2.45) is 0 Å². The van der Waals surface area contributed by atoms with Crippen LogP contribution in [-0.2, 0) is 0 Å². The lowest BCUT2D eigenvalue weighted by Gasteiger charge is -2.17. The van der Waals surface area contributed by atoms with Gasteiger partial charge in [-0.15, -0.1) is 6.58 Å². The van der Waals surface area contributed by atoms with Gasteiger partial charge in [-0.1, -0.05) is 12.5 Å². The maximum atomic E-state index is 6.00. The summed E-state index contributed by atoms with van der Waals surface area (Å²) in [5, 5.41) is 3.98. The molecule has 0 aliphatic rings. The minimum absolute atomic E-state index is 0.267. The fraction of sp³-hybridized carbons (Fsp3) is 0.538. The van der Waals surface area contributed by atoms with E-state index in [1.165, 1.54) is 5.57 Å². The van der Waals surface area contributed by atoms with E-state index in [9.17, 15) is 0 Å². The van der Waals surface area contributed by atoms with Crippen LogP contribution in [0.5, 0.6) is 0 Å². The lowest BCUT2D eigenvalue weighted by Crippen LogP contribution is -2.22.